The highest BCUT2D eigenvalue weighted by Crippen LogP contribution is 2.57. The summed E-state index contributed by atoms with van der Waals surface area (Å²) in [5.41, 5.74) is 6.51. The molecule has 0 spiro atoms. The largest absolute Gasteiger partial charge is 0.207 e. The van der Waals surface area contributed by atoms with Gasteiger partial charge in [-0.25, -0.2) is 4.39 Å². The van der Waals surface area contributed by atoms with Crippen LogP contribution in [0.25, 0.3) is 21.9 Å². The molecule has 0 saturated carbocycles. The third kappa shape index (κ3) is 2.33. The van der Waals surface area contributed by atoms with Crippen molar-refractivity contribution in [2.45, 2.75) is 15.7 Å². The van der Waals surface area contributed by atoms with E-state index in [9.17, 15) is 4.39 Å². The predicted molar refractivity (Wildman–Crippen MR) is 118 cm³/mol. The molecule has 0 bridgehead atoms. The molecular weight excluding hydrogens is 383 g/mol. The van der Waals surface area contributed by atoms with Crippen molar-refractivity contribution < 1.29 is 4.39 Å². The van der Waals surface area contributed by atoms with E-state index in [1.54, 1.807) is 12.1 Å². The average molecular weight is 401 g/mol. The van der Waals surface area contributed by atoms with E-state index in [0.717, 1.165) is 16.9 Å². The normalized spacial score (nSPS) is 17.2. The molecule has 6 rings (SSSR count). The highest BCUT2D eigenvalue weighted by molar-refractivity contribution is 8.05. The van der Waals surface area contributed by atoms with Gasteiger partial charge in [-0.15, -0.1) is 23.5 Å². The van der Waals surface area contributed by atoms with Gasteiger partial charge >= 0.3 is 0 Å². The molecule has 2 aliphatic rings. The fraction of sp³-hybridized carbons (Fsp3) is 0.120. The molecule has 4 aromatic rings. The minimum atomic E-state index is -0.161. The Morgan fingerprint density at radius 2 is 1.50 bits per heavy atom. The van der Waals surface area contributed by atoms with Crippen LogP contribution in [0.4, 0.5) is 4.39 Å². The minimum absolute atomic E-state index is 0.148. The van der Waals surface area contributed by atoms with Crippen LogP contribution in [-0.2, 0) is 0 Å². The Balaban J connectivity index is 1.80. The first-order valence-corrected chi connectivity index (χ1v) is 11.5. The van der Waals surface area contributed by atoms with E-state index in [0.29, 0.717) is 0 Å². The Labute approximate surface area is 172 Å². The molecule has 4 aromatic carbocycles. The van der Waals surface area contributed by atoms with Gasteiger partial charge in [-0.05, 0) is 45.2 Å². The Kier molecular flexibility index (Phi) is 3.82. The van der Waals surface area contributed by atoms with Gasteiger partial charge in [0.15, 0.2) is 0 Å². The zero-order valence-electron chi connectivity index (χ0n) is 15.1. The molecule has 28 heavy (non-hydrogen) atoms. The van der Waals surface area contributed by atoms with Gasteiger partial charge in [-0.1, -0.05) is 60.7 Å². The molecule has 1 unspecified atom stereocenters. The van der Waals surface area contributed by atoms with E-state index < -0.39 is 0 Å². The quantitative estimate of drug-likeness (QED) is 0.289. The van der Waals surface area contributed by atoms with Crippen molar-refractivity contribution in [2.24, 2.45) is 0 Å². The number of benzene rings is 4. The molecule has 136 valence electrons. The molecule has 1 aliphatic carbocycles. The maximum Gasteiger partial charge on any atom is 0.123 e. The van der Waals surface area contributed by atoms with Gasteiger partial charge in [0.05, 0.1) is 0 Å². The molecule has 1 aliphatic heterocycles. The molecule has 0 nitrogen and oxygen atoms in total. The van der Waals surface area contributed by atoms with Gasteiger partial charge in [-0.3, -0.25) is 0 Å². The van der Waals surface area contributed by atoms with Gasteiger partial charge in [0, 0.05) is 32.8 Å². The van der Waals surface area contributed by atoms with Gasteiger partial charge in [-0.2, -0.15) is 0 Å². The first-order chi connectivity index (χ1) is 13.8. The van der Waals surface area contributed by atoms with E-state index in [-0.39, 0.29) is 11.7 Å². The van der Waals surface area contributed by atoms with Crippen LogP contribution < -0.4 is 0 Å². The predicted octanol–water partition coefficient (Wildman–Crippen LogP) is 7.34. The first-order valence-electron chi connectivity index (χ1n) is 9.52. The van der Waals surface area contributed by atoms with Crippen molar-refractivity contribution in [1.29, 1.82) is 0 Å². The van der Waals surface area contributed by atoms with Crippen molar-refractivity contribution in [1.82, 2.24) is 0 Å². The Morgan fingerprint density at radius 3 is 2.36 bits per heavy atom. The van der Waals surface area contributed by atoms with E-state index >= 15 is 0 Å². The van der Waals surface area contributed by atoms with E-state index in [1.165, 1.54) is 43.0 Å². The zero-order chi connectivity index (χ0) is 18.7. The van der Waals surface area contributed by atoms with Crippen molar-refractivity contribution in [2.75, 3.05) is 11.5 Å². The third-order valence-corrected chi connectivity index (χ3v) is 8.37. The fourth-order valence-corrected chi connectivity index (χ4v) is 7.29. The van der Waals surface area contributed by atoms with Crippen molar-refractivity contribution in [3.63, 3.8) is 0 Å². The van der Waals surface area contributed by atoms with Crippen molar-refractivity contribution in [3.05, 3.63) is 95.3 Å². The lowest BCUT2D eigenvalue weighted by molar-refractivity contribution is 0.629. The maximum atomic E-state index is 14.4. The summed E-state index contributed by atoms with van der Waals surface area (Å²) in [6, 6.07) is 24.7. The van der Waals surface area contributed by atoms with Gasteiger partial charge in [0.2, 0.25) is 0 Å². The number of rotatable bonds is 1. The van der Waals surface area contributed by atoms with Crippen LogP contribution >= 0.6 is 23.5 Å². The average Bonchev–Trinajstić information content (AvgIpc) is 3.10. The molecular formula is C25H17FS2. The first kappa shape index (κ1) is 16.7. The van der Waals surface area contributed by atoms with E-state index in [2.05, 4.69) is 54.6 Å². The van der Waals surface area contributed by atoms with Crippen LogP contribution in [0.1, 0.15) is 22.6 Å². The summed E-state index contributed by atoms with van der Waals surface area (Å²) >= 11 is 3.88. The van der Waals surface area contributed by atoms with Crippen LogP contribution in [0.5, 0.6) is 0 Å². The van der Waals surface area contributed by atoms with E-state index in [1.807, 2.05) is 29.6 Å². The Hall–Kier alpha value is -2.23. The third-order valence-electron chi connectivity index (χ3n) is 5.76. The SMILES string of the molecule is Fc1ccc2c3c(c4c(c2c1)C(c1ccccc1)c1ccccc1-4)SCCS3. The van der Waals surface area contributed by atoms with Gasteiger partial charge in [0.1, 0.15) is 5.82 Å². The fourth-order valence-electron chi connectivity index (χ4n) is 4.69. The summed E-state index contributed by atoms with van der Waals surface area (Å²) in [6.45, 7) is 0. The number of hydrogen-bond acceptors (Lipinski definition) is 2. The van der Waals surface area contributed by atoms with Crippen LogP contribution in [0.2, 0.25) is 0 Å². The van der Waals surface area contributed by atoms with Gasteiger partial charge < -0.3 is 0 Å². The molecule has 0 saturated heterocycles. The van der Waals surface area contributed by atoms with Crippen LogP contribution in [-0.4, -0.2) is 11.5 Å². The van der Waals surface area contributed by atoms with Crippen LogP contribution in [0.15, 0.2) is 82.6 Å². The lowest BCUT2D eigenvalue weighted by Crippen LogP contribution is -2.03. The lowest BCUT2D eigenvalue weighted by atomic mass is 9.86. The second-order valence-corrected chi connectivity index (χ2v) is 9.48. The second-order valence-electron chi connectivity index (χ2n) is 7.26. The molecule has 0 aromatic heterocycles. The second kappa shape index (κ2) is 6.40. The number of fused-ring (bicyclic) bond motifs is 8. The smallest absolute Gasteiger partial charge is 0.123 e. The number of thioether (sulfide) groups is 2. The van der Waals surface area contributed by atoms with Crippen LogP contribution in [0, 0.1) is 5.82 Å². The molecule has 1 atom stereocenters. The highest BCUT2D eigenvalue weighted by Gasteiger charge is 2.36. The number of hydrogen-bond donors (Lipinski definition) is 0. The summed E-state index contributed by atoms with van der Waals surface area (Å²) < 4.78 is 14.4. The Morgan fingerprint density at radius 1 is 0.750 bits per heavy atom. The Bertz CT molecular complexity index is 1230. The number of halogens is 1. The van der Waals surface area contributed by atoms with Crippen LogP contribution in [0.3, 0.4) is 0 Å². The maximum absolute atomic E-state index is 14.4. The minimum Gasteiger partial charge on any atom is -0.207 e. The monoisotopic (exact) mass is 400 g/mol. The standard InChI is InChI=1S/C25H17FS2/c26-16-10-11-19-20(14-16)22-21(15-6-2-1-3-7-15)17-8-4-5-9-18(17)23(22)25-24(19)27-12-13-28-25/h1-11,14,21H,12-13H2. The summed E-state index contributed by atoms with van der Waals surface area (Å²) in [7, 11) is 0. The van der Waals surface area contributed by atoms with Gasteiger partial charge in [0.25, 0.3) is 0 Å². The summed E-state index contributed by atoms with van der Waals surface area (Å²) in [5, 5.41) is 2.26. The van der Waals surface area contributed by atoms with Crippen molar-refractivity contribution in [3.8, 4) is 11.1 Å². The topological polar surface area (TPSA) is 0 Å². The van der Waals surface area contributed by atoms with Crippen molar-refractivity contribution >= 4 is 34.3 Å². The summed E-state index contributed by atoms with van der Waals surface area (Å²) in [6.07, 6.45) is 0. The molecule has 0 amide bonds. The summed E-state index contributed by atoms with van der Waals surface area (Å²) in [4.78, 5) is 2.71. The summed E-state index contributed by atoms with van der Waals surface area (Å²) in [5.74, 6) is 2.21. The molecule has 3 heteroatoms. The van der Waals surface area contributed by atoms with E-state index in [4.69, 9.17) is 0 Å². The molecule has 0 N–H and O–H groups in total. The zero-order valence-corrected chi connectivity index (χ0v) is 16.7. The highest BCUT2D eigenvalue weighted by atomic mass is 32.2. The lowest BCUT2D eigenvalue weighted by Gasteiger charge is -2.23. The molecule has 1 heterocycles. The molecule has 0 radical (unpaired) electrons. The molecule has 0 fully saturated rings.